The molecule has 0 spiro atoms. The lowest BCUT2D eigenvalue weighted by molar-refractivity contribution is -0.103. The van der Waals surface area contributed by atoms with E-state index in [0.29, 0.717) is 36.0 Å². The third-order valence-electron chi connectivity index (χ3n) is 3.71. The number of hydrogen-bond donors (Lipinski definition) is 2. The molecule has 1 fully saturated rings. The van der Waals surface area contributed by atoms with Gasteiger partial charge in [0.25, 0.3) is 0 Å². The lowest BCUT2D eigenvalue weighted by Gasteiger charge is -2.09. The van der Waals surface area contributed by atoms with Gasteiger partial charge in [0, 0.05) is 24.7 Å². The second-order valence-electron chi connectivity index (χ2n) is 5.72. The predicted molar refractivity (Wildman–Crippen MR) is 90.9 cm³/mol. The first-order chi connectivity index (χ1) is 11.7. The first-order valence-corrected chi connectivity index (χ1v) is 7.73. The van der Waals surface area contributed by atoms with E-state index in [1.54, 1.807) is 6.07 Å². The molecule has 3 N–H and O–H groups in total. The number of anilines is 1. The van der Waals surface area contributed by atoms with Crippen LogP contribution in [0.25, 0.3) is 5.57 Å². The van der Waals surface area contributed by atoms with Crippen molar-refractivity contribution in [2.75, 3.05) is 5.32 Å². The van der Waals surface area contributed by atoms with Gasteiger partial charge in [0.2, 0.25) is 0 Å². The van der Waals surface area contributed by atoms with Gasteiger partial charge in [-0.15, -0.1) is 0 Å². The summed E-state index contributed by atoms with van der Waals surface area (Å²) in [5.41, 5.74) is 8.08. The Bertz CT molecular complexity index is 834. The summed E-state index contributed by atoms with van der Waals surface area (Å²) in [6.45, 7) is 0. The summed E-state index contributed by atoms with van der Waals surface area (Å²) in [5, 5.41) is 12.3. The van der Waals surface area contributed by atoms with Crippen LogP contribution in [0.1, 0.15) is 35.5 Å². The molecule has 1 heterocycles. The van der Waals surface area contributed by atoms with E-state index < -0.39 is 0 Å². The van der Waals surface area contributed by atoms with E-state index in [-0.39, 0.29) is 5.57 Å². The SMILES string of the molecule is N#Cc1cccc(Cc2cc(NC3CC3)nc(C(C=O)=CN)n2)c1. The highest BCUT2D eigenvalue weighted by molar-refractivity contribution is 6.05. The molecule has 6 nitrogen and oxygen atoms in total. The molecule has 0 aliphatic heterocycles. The fourth-order valence-corrected chi connectivity index (χ4v) is 2.35. The molecule has 1 aliphatic rings. The minimum atomic E-state index is 0.251. The van der Waals surface area contributed by atoms with Crippen molar-refractivity contribution >= 4 is 17.7 Å². The summed E-state index contributed by atoms with van der Waals surface area (Å²) in [5.74, 6) is 1.000. The summed E-state index contributed by atoms with van der Waals surface area (Å²) in [7, 11) is 0. The Kier molecular flexibility index (Phi) is 4.52. The highest BCUT2D eigenvalue weighted by atomic mass is 16.1. The molecular formula is C18H17N5O. The Morgan fingerprint density at radius 1 is 1.38 bits per heavy atom. The number of nitrogens with two attached hydrogens (primary N) is 1. The van der Waals surface area contributed by atoms with E-state index in [9.17, 15) is 4.79 Å². The van der Waals surface area contributed by atoms with Gasteiger partial charge in [-0.25, -0.2) is 9.97 Å². The average molecular weight is 319 g/mol. The summed E-state index contributed by atoms with van der Waals surface area (Å²) >= 11 is 0. The number of hydrogen-bond acceptors (Lipinski definition) is 6. The van der Waals surface area contributed by atoms with Crippen LogP contribution in [0.4, 0.5) is 5.82 Å². The van der Waals surface area contributed by atoms with Crippen molar-refractivity contribution in [2.24, 2.45) is 5.73 Å². The fourth-order valence-electron chi connectivity index (χ4n) is 2.35. The molecule has 0 radical (unpaired) electrons. The number of rotatable bonds is 6. The van der Waals surface area contributed by atoms with Crippen molar-refractivity contribution in [1.82, 2.24) is 9.97 Å². The number of nitriles is 1. The number of nitrogens with zero attached hydrogens (tertiary/aromatic N) is 3. The van der Waals surface area contributed by atoms with Crippen LogP contribution in [0.5, 0.6) is 0 Å². The first-order valence-electron chi connectivity index (χ1n) is 7.73. The van der Waals surface area contributed by atoms with E-state index in [2.05, 4.69) is 21.4 Å². The third kappa shape index (κ3) is 3.76. The number of nitrogens with one attached hydrogen (secondary N) is 1. The molecule has 0 bridgehead atoms. The Labute approximate surface area is 140 Å². The van der Waals surface area contributed by atoms with Gasteiger partial charge >= 0.3 is 0 Å². The Balaban J connectivity index is 1.94. The number of carbonyl (C=O) groups excluding carboxylic acids is 1. The van der Waals surface area contributed by atoms with E-state index in [0.717, 1.165) is 24.1 Å². The molecule has 3 rings (SSSR count). The topological polar surface area (TPSA) is 105 Å². The highest BCUT2D eigenvalue weighted by Crippen LogP contribution is 2.25. The summed E-state index contributed by atoms with van der Waals surface area (Å²) in [6, 6.07) is 11.8. The quantitative estimate of drug-likeness (QED) is 0.623. The molecule has 0 amide bonds. The molecule has 2 aromatic rings. The molecule has 1 saturated carbocycles. The zero-order valence-electron chi connectivity index (χ0n) is 13.1. The van der Waals surface area contributed by atoms with E-state index in [1.165, 1.54) is 6.20 Å². The smallest absolute Gasteiger partial charge is 0.166 e. The Morgan fingerprint density at radius 2 is 2.21 bits per heavy atom. The minimum absolute atomic E-state index is 0.251. The predicted octanol–water partition coefficient (Wildman–Crippen LogP) is 2.01. The van der Waals surface area contributed by atoms with Gasteiger partial charge in [0.15, 0.2) is 12.1 Å². The zero-order chi connectivity index (χ0) is 16.9. The van der Waals surface area contributed by atoms with Crippen LogP contribution in [0.2, 0.25) is 0 Å². The van der Waals surface area contributed by atoms with Gasteiger partial charge in [-0.3, -0.25) is 4.79 Å². The monoisotopic (exact) mass is 319 g/mol. The van der Waals surface area contributed by atoms with Gasteiger partial charge in [-0.2, -0.15) is 5.26 Å². The standard InChI is InChI=1S/C18H17N5O/c19-9-13-3-1-2-12(6-13)7-16-8-17(21-15-4-5-15)23-18(22-16)14(10-20)11-24/h1-3,6,8,10-11,15H,4-5,7,20H2,(H,21,22,23). The second-order valence-corrected chi connectivity index (χ2v) is 5.72. The van der Waals surface area contributed by atoms with Gasteiger partial charge < -0.3 is 11.1 Å². The Morgan fingerprint density at radius 3 is 2.88 bits per heavy atom. The highest BCUT2D eigenvalue weighted by Gasteiger charge is 2.22. The van der Waals surface area contributed by atoms with Crippen LogP contribution in [0.15, 0.2) is 36.5 Å². The van der Waals surface area contributed by atoms with Crippen molar-refractivity contribution in [2.45, 2.75) is 25.3 Å². The van der Waals surface area contributed by atoms with Gasteiger partial charge in [0.05, 0.1) is 22.9 Å². The minimum Gasteiger partial charge on any atom is -0.404 e. The van der Waals surface area contributed by atoms with Crippen molar-refractivity contribution in [3.05, 3.63) is 59.2 Å². The van der Waals surface area contributed by atoms with Gasteiger partial charge in [-0.1, -0.05) is 12.1 Å². The molecule has 120 valence electrons. The van der Waals surface area contributed by atoms with Crippen molar-refractivity contribution in [1.29, 1.82) is 5.26 Å². The van der Waals surface area contributed by atoms with E-state index >= 15 is 0 Å². The number of carbonyl (C=O) groups is 1. The maximum atomic E-state index is 11.2. The molecule has 6 heteroatoms. The maximum Gasteiger partial charge on any atom is 0.166 e. The van der Waals surface area contributed by atoms with Gasteiger partial charge in [-0.05, 0) is 30.5 Å². The van der Waals surface area contributed by atoms with Crippen molar-refractivity contribution < 1.29 is 4.79 Å². The zero-order valence-corrected chi connectivity index (χ0v) is 13.1. The van der Waals surface area contributed by atoms with Crippen LogP contribution in [0, 0.1) is 11.3 Å². The molecular weight excluding hydrogens is 302 g/mol. The van der Waals surface area contributed by atoms with Crippen LogP contribution in [-0.4, -0.2) is 22.3 Å². The summed E-state index contributed by atoms with van der Waals surface area (Å²) < 4.78 is 0. The first kappa shape index (κ1) is 15.7. The summed E-state index contributed by atoms with van der Waals surface area (Å²) in [6.07, 6.45) is 4.64. The number of aldehydes is 1. The maximum absolute atomic E-state index is 11.2. The largest absolute Gasteiger partial charge is 0.404 e. The van der Waals surface area contributed by atoms with Crippen molar-refractivity contribution in [3.63, 3.8) is 0 Å². The molecule has 24 heavy (non-hydrogen) atoms. The van der Waals surface area contributed by atoms with Crippen molar-refractivity contribution in [3.8, 4) is 6.07 Å². The Hall–Kier alpha value is -3.20. The fraction of sp³-hybridized carbons (Fsp3) is 0.222. The third-order valence-corrected chi connectivity index (χ3v) is 3.71. The molecule has 1 aromatic heterocycles. The van der Waals surface area contributed by atoms with E-state index in [1.807, 2.05) is 24.3 Å². The van der Waals surface area contributed by atoms with Gasteiger partial charge in [0.1, 0.15) is 5.82 Å². The molecule has 0 saturated heterocycles. The molecule has 1 aliphatic carbocycles. The molecule has 0 unspecified atom stereocenters. The van der Waals surface area contributed by atoms with Crippen LogP contribution < -0.4 is 11.1 Å². The number of aromatic nitrogens is 2. The molecule has 1 aromatic carbocycles. The number of allylic oxidation sites excluding steroid dienone is 1. The van der Waals surface area contributed by atoms with Crippen LogP contribution in [0.3, 0.4) is 0 Å². The lowest BCUT2D eigenvalue weighted by Crippen LogP contribution is -2.09. The average Bonchev–Trinajstić information content (AvgIpc) is 3.40. The van der Waals surface area contributed by atoms with Crippen LogP contribution in [-0.2, 0) is 11.2 Å². The lowest BCUT2D eigenvalue weighted by atomic mass is 10.1. The summed E-state index contributed by atoms with van der Waals surface area (Å²) in [4.78, 5) is 20.0. The second kappa shape index (κ2) is 6.92. The normalized spacial score (nSPS) is 14.0. The van der Waals surface area contributed by atoms with E-state index in [4.69, 9.17) is 11.0 Å². The van der Waals surface area contributed by atoms with Crippen LogP contribution >= 0.6 is 0 Å². The molecule has 0 atom stereocenters. The number of benzene rings is 1.